The summed E-state index contributed by atoms with van der Waals surface area (Å²) in [6.07, 6.45) is 0. The van der Waals surface area contributed by atoms with E-state index in [-0.39, 0.29) is 5.82 Å². The third-order valence-electron chi connectivity index (χ3n) is 7.32. The molecule has 3 nitrogen and oxygen atoms in total. The summed E-state index contributed by atoms with van der Waals surface area (Å²) in [4.78, 5) is 0.325. The number of anilines is 1. The second-order valence-corrected chi connectivity index (χ2v) is 18.0. The monoisotopic (exact) mass is 461 g/mol. The molecule has 2 aromatic carbocycles. The Morgan fingerprint density at radius 2 is 1.42 bits per heavy atom. The zero-order valence-corrected chi connectivity index (χ0v) is 21.8. The van der Waals surface area contributed by atoms with Gasteiger partial charge in [-0.15, -0.1) is 0 Å². The normalized spacial score (nSPS) is 18.8. The number of rotatable bonds is 6. The SMILES string of the molecule is CC(C)[Si](C(C)C)(C(C)C)N1c2ccc(F)cc2C(C)(C)C1S(=O)(=O)c1ccccc1. The molecule has 0 aromatic heterocycles. The zero-order valence-electron chi connectivity index (χ0n) is 20.0. The Balaban J connectivity index is 2.43. The largest absolute Gasteiger partial charge is 0.380 e. The highest BCUT2D eigenvalue weighted by atomic mass is 32.2. The molecule has 1 aliphatic heterocycles. The number of nitrogens with zero attached hydrogens (tertiary/aromatic N) is 1. The maximum absolute atomic E-state index is 14.4. The molecule has 0 spiro atoms. The van der Waals surface area contributed by atoms with Gasteiger partial charge < -0.3 is 4.57 Å². The molecule has 1 heterocycles. The number of fused-ring (bicyclic) bond motifs is 1. The molecule has 0 fully saturated rings. The molecule has 6 heteroatoms. The van der Waals surface area contributed by atoms with Gasteiger partial charge in [-0.25, -0.2) is 12.8 Å². The van der Waals surface area contributed by atoms with E-state index in [0.717, 1.165) is 11.3 Å². The van der Waals surface area contributed by atoms with Crippen LogP contribution in [0.4, 0.5) is 10.1 Å². The molecule has 0 bridgehead atoms. The summed E-state index contributed by atoms with van der Waals surface area (Å²) >= 11 is 0. The summed E-state index contributed by atoms with van der Waals surface area (Å²) < 4.78 is 45.1. The van der Waals surface area contributed by atoms with Crippen LogP contribution in [0.2, 0.25) is 16.6 Å². The van der Waals surface area contributed by atoms with E-state index in [2.05, 4.69) is 46.1 Å². The molecule has 3 rings (SSSR count). The molecule has 1 atom stereocenters. The number of sulfone groups is 1. The van der Waals surface area contributed by atoms with Crippen molar-refractivity contribution in [3.05, 3.63) is 59.9 Å². The lowest BCUT2D eigenvalue weighted by atomic mass is 9.86. The van der Waals surface area contributed by atoms with E-state index in [9.17, 15) is 12.8 Å². The Labute approximate surface area is 188 Å². The number of halogens is 1. The topological polar surface area (TPSA) is 37.4 Å². The third kappa shape index (κ3) is 3.46. The summed E-state index contributed by atoms with van der Waals surface area (Å²) in [5, 5.41) is -0.780. The molecular formula is C25H36FNO2SSi. The van der Waals surface area contributed by atoms with Gasteiger partial charge in [0.25, 0.3) is 0 Å². The molecule has 170 valence electrons. The summed E-state index contributed by atoms with van der Waals surface area (Å²) in [7, 11) is -6.15. The minimum atomic E-state index is -3.72. The average Bonchev–Trinajstić information content (AvgIpc) is 2.90. The van der Waals surface area contributed by atoms with Gasteiger partial charge in [0.05, 0.1) is 4.90 Å². The van der Waals surface area contributed by atoms with Gasteiger partial charge in [0.2, 0.25) is 0 Å². The van der Waals surface area contributed by atoms with Crippen molar-refractivity contribution in [1.82, 2.24) is 0 Å². The smallest absolute Gasteiger partial charge is 0.199 e. The van der Waals surface area contributed by atoms with Crippen LogP contribution in [-0.2, 0) is 15.3 Å². The van der Waals surface area contributed by atoms with Crippen molar-refractivity contribution in [3.8, 4) is 0 Å². The first kappa shape index (κ1) is 24.0. The van der Waals surface area contributed by atoms with Crippen molar-refractivity contribution in [2.75, 3.05) is 4.57 Å². The van der Waals surface area contributed by atoms with Gasteiger partial charge >= 0.3 is 0 Å². The Morgan fingerprint density at radius 1 is 0.903 bits per heavy atom. The van der Waals surface area contributed by atoms with Gasteiger partial charge in [-0.3, -0.25) is 0 Å². The maximum Gasteiger partial charge on any atom is 0.199 e. The molecule has 0 saturated heterocycles. The van der Waals surface area contributed by atoms with Gasteiger partial charge in [-0.05, 0) is 52.5 Å². The van der Waals surface area contributed by atoms with Crippen LogP contribution in [0.5, 0.6) is 0 Å². The molecule has 1 unspecified atom stereocenters. The zero-order chi connectivity index (χ0) is 23.4. The maximum atomic E-state index is 14.4. The second-order valence-electron chi connectivity index (χ2n) is 10.3. The molecule has 0 radical (unpaired) electrons. The first-order chi connectivity index (χ1) is 14.3. The summed E-state index contributed by atoms with van der Waals surface area (Å²) in [6.45, 7) is 17.3. The lowest BCUT2D eigenvalue weighted by molar-refractivity contribution is 0.490. The molecule has 0 amide bonds. The first-order valence-corrected chi connectivity index (χ1v) is 14.9. The van der Waals surface area contributed by atoms with E-state index in [1.807, 2.05) is 26.0 Å². The summed E-state index contributed by atoms with van der Waals surface area (Å²) in [5.41, 5.74) is 1.85. The van der Waals surface area contributed by atoms with Crippen LogP contribution in [0.25, 0.3) is 0 Å². The highest BCUT2D eigenvalue weighted by Gasteiger charge is 2.61. The molecular weight excluding hydrogens is 425 g/mol. The lowest BCUT2D eigenvalue weighted by Crippen LogP contribution is -2.66. The van der Waals surface area contributed by atoms with Crippen LogP contribution in [-0.4, -0.2) is 22.0 Å². The predicted octanol–water partition coefficient (Wildman–Crippen LogP) is 6.90. The van der Waals surface area contributed by atoms with Crippen LogP contribution in [0, 0.1) is 5.82 Å². The first-order valence-electron chi connectivity index (χ1n) is 11.2. The fourth-order valence-corrected chi connectivity index (χ4v) is 16.4. The summed E-state index contributed by atoms with van der Waals surface area (Å²) in [5.74, 6) is -0.324. The molecule has 0 aliphatic carbocycles. The standard InChI is InChI=1S/C25H36FNO2SSi/c1-17(2)31(18(3)4,19(5)6)27-23-15-14-20(26)16-22(23)25(7,8)24(27)30(28,29)21-12-10-9-11-13-21/h9-19,24H,1-8H3. The van der Waals surface area contributed by atoms with E-state index >= 15 is 0 Å². The van der Waals surface area contributed by atoms with Gasteiger partial charge in [-0.2, -0.15) is 0 Å². The van der Waals surface area contributed by atoms with Crippen molar-refractivity contribution < 1.29 is 12.8 Å². The molecule has 1 aliphatic rings. The average molecular weight is 462 g/mol. The van der Waals surface area contributed by atoms with E-state index in [1.165, 1.54) is 6.07 Å². The Morgan fingerprint density at radius 3 is 1.90 bits per heavy atom. The summed E-state index contributed by atoms with van der Waals surface area (Å²) in [6, 6.07) is 13.5. The van der Waals surface area contributed by atoms with E-state index in [1.54, 1.807) is 30.3 Å². The van der Waals surface area contributed by atoms with Crippen LogP contribution in [0.1, 0.15) is 61.0 Å². The highest BCUT2D eigenvalue weighted by Crippen LogP contribution is 2.57. The van der Waals surface area contributed by atoms with Gasteiger partial charge in [0.15, 0.2) is 18.1 Å². The van der Waals surface area contributed by atoms with Crippen molar-refractivity contribution in [1.29, 1.82) is 0 Å². The fraction of sp³-hybridized carbons (Fsp3) is 0.520. The Kier molecular flexibility index (Phi) is 6.22. The van der Waals surface area contributed by atoms with E-state index < -0.39 is 28.9 Å². The molecule has 0 saturated carbocycles. The quantitative estimate of drug-likeness (QED) is 0.439. The van der Waals surface area contributed by atoms with Crippen LogP contribution < -0.4 is 4.57 Å². The number of hydrogen-bond acceptors (Lipinski definition) is 3. The van der Waals surface area contributed by atoms with Crippen molar-refractivity contribution >= 4 is 23.8 Å². The van der Waals surface area contributed by atoms with Crippen molar-refractivity contribution in [2.24, 2.45) is 0 Å². The minimum absolute atomic E-state index is 0.313. The van der Waals surface area contributed by atoms with Crippen molar-refractivity contribution in [2.45, 2.75) is 87.7 Å². The highest BCUT2D eigenvalue weighted by molar-refractivity contribution is 7.92. The lowest BCUT2D eigenvalue weighted by Gasteiger charge is -2.54. The van der Waals surface area contributed by atoms with E-state index in [4.69, 9.17) is 0 Å². The number of benzene rings is 2. The van der Waals surface area contributed by atoms with Crippen LogP contribution in [0.3, 0.4) is 0 Å². The Hall–Kier alpha value is -1.66. The van der Waals surface area contributed by atoms with Gasteiger partial charge in [-0.1, -0.05) is 73.6 Å². The van der Waals surface area contributed by atoms with Crippen molar-refractivity contribution in [3.63, 3.8) is 0 Å². The molecule has 31 heavy (non-hydrogen) atoms. The van der Waals surface area contributed by atoms with Gasteiger partial charge in [0.1, 0.15) is 11.2 Å². The Bertz CT molecular complexity index is 1030. The predicted molar refractivity (Wildman–Crippen MR) is 130 cm³/mol. The fourth-order valence-electron chi connectivity index (χ4n) is 6.33. The van der Waals surface area contributed by atoms with E-state index in [0.29, 0.717) is 21.5 Å². The van der Waals surface area contributed by atoms with Gasteiger partial charge in [0, 0.05) is 11.1 Å². The van der Waals surface area contributed by atoms with Crippen LogP contribution in [0.15, 0.2) is 53.4 Å². The third-order valence-corrected chi connectivity index (χ3v) is 16.7. The van der Waals surface area contributed by atoms with Crippen LogP contribution >= 0.6 is 0 Å². The molecule has 2 aromatic rings. The second kappa shape index (κ2) is 8.04. The number of hydrogen-bond donors (Lipinski definition) is 0. The minimum Gasteiger partial charge on any atom is -0.380 e. The molecule has 0 N–H and O–H groups in total.